The molecule has 0 saturated carbocycles. The Balaban J connectivity index is 1.96. The van der Waals surface area contributed by atoms with E-state index >= 15 is 0 Å². The summed E-state index contributed by atoms with van der Waals surface area (Å²) in [6, 6.07) is 7.24. The molecule has 0 spiro atoms. The van der Waals surface area contributed by atoms with Gasteiger partial charge in [-0.25, -0.2) is 9.97 Å². The second-order valence-electron chi connectivity index (χ2n) is 3.86. The molecule has 2 aromatic heterocycles. The number of ether oxygens (including phenoxy) is 1. The zero-order valence-electron chi connectivity index (χ0n) is 10.9. The van der Waals surface area contributed by atoms with Crippen LogP contribution in [-0.4, -0.2) is 39.2 Å². The van der Waals surface area contributed by atoms with Crippen LogP contribution >= 0.6 is 11.8 Å². The van der Waals surface area contributed by atoms with Gasteiger partial charge >= 0.3 is 5.97 Å². The van der Waals surface area contributed by atoms with Gasteiger partial charge in [0.2, 0.25) is 0 Å². The van der Waals surface area contributed by atoms with Gasteiger partial charge in [0.15, 0.2) is 11.8 Å². The number of carbonyl (C=O) groups excluding carboxylic acids is 2. The molecule has 21 heavy (non-hydrogen) atoms. The van der Waals surface area contributed by atoms with Crippen LogP contribution in [0.15, 0.2) is 41.8 Å². The Morgan fingerprint density at radius 3 is 2.71 bits per heavy atom. The molecule has 0 radical (unpaired) electrons. The fourth-order valence-electron chi connectivity index (χ4n) is 1.38. The summed E-state index contributed by atoms with van der Waals surface area (Å²) in [7, 11) is 0. The maximum absolute atomic E-state index is 11.4. The van der Waals surface area contributed by atoms with Gasteiger partial charge in [-0.3, -0.25) is 14.6 Å². The lowest BCUT2D eigenvalue weighted by atomic mass is 10.3. The van der Waals surface area contributed by atoms with Crippen molar-refractivity contribution in [2.75, 3.05) is 12.4 Å². The predicted molar refractivity (Wildman–Crippen MR) is 76.1 cm³/mol. The minimum atomic E-state index is -0.693. The molecule has 7 nitrogen and oxygen atoms in total. The zero-order valence-corrected chi connectivity index (χ0v) is 11.7. The van der Waals surface area contributed by atoms with Crippen molar-refractivity contribution in [2.24, 2.45) is 5.73 Å². The number of thioether (sulfide) groups is 1. The summed E-state index contributed by atoms with van der Waals surface area (Å²) in [5, 5.41) is 0.425. The fourth-order valence-corrected chi connectivity index (χ4v) is 2.01. The van der Waals surface area contributed by atoms with Crippen LogP contribution in [0.1, 0.15) is 0 Å². The van der Waals surface area contributed by atoms with E-state index in [1.54, 1.807) is 18.5 Å². The standard InChI is InChI=1S/C13H12N4O3S/c14-11(18)7-20-12(19)8-21-13-16-6-4-10(17-13)9-3-1-2-5-15-9/h1-6H,7-8H2,(H2,14,18). The number of pyridine rings is 1. The van der Waals surface area contributed by atoms with Crippen molar-refractivity contribution in [2.45, 2.75) is 5.16 Å². The highest BCUT2D eigenvalue weighted by Gasteiger charge is 2.09. The zero-order chi connectivity index (χ0) is 15.1. The van der Waals surface area contributed by atoms with Crippen molar-refractivity contribution in [3.05, 3.63) is 36.7 Å². The third kappa shape index (κ3) is 4.84. The molecule has 0 aliphatic heterocycles. The number of nitrogens with zero attached hydrogens (tertiary/aromatic N) is 3. The van der Waals surface area contributed by atoms with E-state index in [9.17, 15) is 9.59 Å². The second-order valence-corrected chi connectivity index (χ2v) is 4.80. The first-order valence-corrected chi connectivity index (χ1v) is 6.95. The first kappa shape index (κ1) is 14.9. The molecule has 0 aliphatic carbocycles. The molecule has 0 bridgehead atoms. The van der Waals surface area contributed by atoms with Crippen molar-refractivity contribution in [1.82, 2.24) is 15.0 Å². The molecule has 2 heterocycles. The number of rotatable bonds is 6. The van der Waals surface area contributed by atoms with Gasteiger partial charge in [0.05, 0.1) is 17.1 Å². The normalized spacial score (nSPS) is 10.1. The molecule has 8 heteroatoms. The van der Waals surface area contributed by atoms with Gasteiger partial charge in [0, 0.05) is 12.4 Å². The number of amides is 1. The summed E-state index contributed by atoms with van der Waals surface area (Å²) in [6.45, 7) is -0.422. The number of nitrogens with two attached hydrogens (primary N) is 1. The molecule has 2 N–H and O–H groups in total. The first-order valence-electron chi connectivity index (χ1n) is 5.96. The molecule has 0 aliphatic rings. The highest BCUT2D eigenvalue weighted by atomic mass is 32.2. The summed E-state index contributed by atoms with van der Waals surface area (Å²) in [5.74, 6) is -1.24. The molecule has 108 valence electrons. The molecule has 2 rings (SSSR count). The Bertz CT molecular complexity index is 636. The van der Waals surface area contributed by atoms with E-state index in [0.29, 0.717) is 10.9 Å². The summed E-state index contributed by atoms with van der Waals surface area (Å²) in [5.41, 5.74) is 6.26. The number of carbonyl (C=O) groups is 2. The van der Waals surface area contributed by atoms with Crippen molar-refractivity contribution in [1.29, 1.82) is 0 Å². The minimum absolute atomic E-state index is 0.00104. The number of primary amides is 1. The lowest BCUT2D eigenvalue weighted by Gasteiger charge is -2.03. The summed E-state index contributed by atoms with van der Waals surface area (Å²) >= 11 is 1.11. The lowest BCUT2D eigenvalue weighted by Crippen LogP contribution is -2.21. The maximum atomic E-state index is 11.4. The third-order valence-electron chi connectivity index (χ3n) is 2.26. The van der Waals surface area contributed by atoms with Crippen LogP contribution in [0.2, 0.25) is 0 Å². The Kier molecular flexibility index (Phi) is 5.22. The van der Waals surface area contributed by atoms with Gasteiger partial charge < -0.3 is 10.5 Å². The average Bonchev–Trinajstić information content (AvgIpc) is 2.52. The van der Waals surface area contributed by atoms with E-state index in [-0.39, 0.29) is 5.75 Å². The van der Waals surface area contributed by atoms with Crippen LogP contribution in [0.3, 0.4) is 0 Å². The van der Waals surface area contributed by atoms with Crippen LogP contribution in [0.4, 0.5) is 0 Å². The van der Waals surface area contributed by atoms with Crippen LogP contribution in [0, 0.1) is 0 Å². The Morgan fingerprint density at radius 1 is 1.14 bits per heavy atom. The van der Waals surface area contributed by atoms with E-state index in [1.165, 1.54) is 0 Å². The molecule has 1 amide bonds. The van der Waals surface area contributed by atoms with E-state index in [4.69, 9.17) is 5.73 Å². The highest BCUT2D eigenvalue weighted by Crippen LogP contribution is 2.18. The van der Waals surface area contributed by atoms with E-state index in [2.05, 4.69) is 19.7 Å². The van der Waals surface area contributed by atoms with E-state index in [0.717, 1.165) is 17.5 Å². The van der Waals surface area contributed by atoms with Gasteiger partial charge in [-0.2, -0.15) is 0 Å². The van der Waals surface area contributed by atoms with Crippen LogP contribution in [0.25, 0.3) is 11.4 Å². The average molecular weight is 304 g/mol. The van der Waals surface area contributed by atoms with Crippen molar-refractivity contribution in [3.8, 4) is 11.4 Å². The highest BCUT2D eigenvalue weighted by molar-refractivity contribution is 7.99. The molecule has 0 aromatic carbocycles. The molecular formula is C13H12N4O3S. The van der Waals surface area contributed by atoms with E-state index < -0.39 is 18.5 Å². The fraction of sp³-hybridized carbons (Fsp3) is 0.154. The van der Waals surface area contributed by atoms with Gasteiger partial charge in [-0.1, -0.05) is 17.8 Å². The van der Waals surface area contributed by atoms with E-state index in [1.807, 2.05) is 18.2 Å². The molecular weight excluding hydrogens is 292 g/mol. The Hall–Kier alpha value is -2.48. The first-order chi connectivity index (χ1) is 10.1. The SMILES string of the molecule is NC(=O)COC(=O)CSc1nccc(-c2ccccn2)n1. The van der Waals surface area contributed by atoms with Crippen molar-refractivity contribution < 1.29 is 14.3 Å². The van der Waals surface area contributed by atoms with Gasteiger partial charge in [-0.05, 0) is 18.2 Å². The minimum Gasteiger partial charge on any atom is -0.455 e. The van der Waals surface area contributed by atoms with Crippen LogP contribution in [0.5, 0.6) is 0 Å². The van der Waals surface area contributed by atoms with Gasteiger partial charge in [-0.15, -0.1) is 0 Å². The molecule has 0 fully saturated rings. The maximum Gasteiger partial charge on any atom is 0.316 e. The summed E-state index contributed by atoms with van der Waals surface area (Å²) in [4.78, 5) is 34.4. The largest absolute Gasteiger partial charge is 0.455 e. The van der Waals surface area contributed by atoms with Gasteiger partial charge in [0.25, 0.3) is 5.91 Å². The summed E-state index contributed by atoms with van der Waals surface area (Å²) < 4.78 is 4.64. The lowest BCUT2D eigenvalue weighted by molar-refractivity contribution is -0.145. The Morgan fingerprint density at radius 2 is 2.00 bits per heavy atom. The quantitative estimate of drug-likeness (QED) is 0.474. The van der Waals surface area contributed by atoms with Gasteiger partial charge in [0.1, 0.15) is 0 Å². The molecule has 0 atom stereocenters. The monoisotopic (exact) mass is 304 g/mol. The molecule has 2 aromatic rings. The number of hydrogen-bond donors (Lipinski definition) is 1. The second kappa shape index (κ2) is 7.34. The van der Waals surface area contributed by atoms with Crippen molar-refractivity contribution in [3.63, 3.8) is 0 Å². The summed E-state index contributed by atoms with van der Waals surface area (Å²) in [6.07, 6.45) is 3.26. The van der Waals surface area contributed by atoms with Crippen molar-refractivity contribution >= 4 is 23.6 Å². The number of aromatic nitrogens is 3. The van der Waals surface area contributed by atoms with Crippen LogP contribution in [-0.2, 0) is 14.3 Å². The van der Waals surface area contributed by atoms with Crippen LogP contribution < -0.4 is 5.73 Å². The third-order valence-corrected chi connectivity index (χ3v) is 3.09. The topological polar surface area (TPSA) is 108 Å². The number of esters is 1. The predicted octanol–water partition coefficient (Wildman–Crippen LogP) is 0.659. The molecule has 0 saturated heterocycles. The number of hydrogen-bond acceptors (Lipinski definition) is 7. The Labute approximate surface area is 125 Å². The molecule has 0 unspecified atom stereocenters. The smallest absolute Gasteiger partial charge is 0.316 e.